The predicted octanol–water partition coefficient (Wildman–Crippen LogP) is 1.35. The van der Waals surface area contributed by atoms with Crippen LogP contribution in [-0.4, -0.2) is 46.4 Å². The highest BCUT2D eigenvalue weighted by atomic mass is 16.5. The van der Waals surface area contributed by atoms with E-state index >= 15 is 0 Å². The SMILES string of the molecule is COc1cc(CCC(=O)N2CC[C@H](c3ccn[nH]3)C2)on1. The quantitative estimate of drug-likeness (QED) is 0.898. The van der Waals surface area contributed by atoms with Gasteiger partial charge in [0.15, 0.2) is 0 Å². The summed E-state index contributed by atoms with van der Waals surface area (Å²) in [5.41, 5.74) is 1.10. The van der Waals surface area contributed by atoms with Crippen LogP contribution < -0.4 is 4.74 Å². The predicted molar refractivity (Wildman–Crippen MR) is 73.9 cm³/mol. The van der Waals surface area contributed by atoms with Gasteiger partial charge in [0.25, 0.3) is 5.88 Å². The Kier molecular flexibility index (Phi) is 3.89. The van der Waals surface area contributed by atoms with Gasteiger partial charge in [-0.05, 0) is 17.6 Å². The van der Waals surface area contributed by atoms with Gasteiger partial charge in [-0.1, -0.05) is 0 Å². The van der Waals surface area contributed by atoms with E-state index in [9.17, 15) is 4.79 Å². The molecule has 112 valence electrons. The number of hydrogen-bond donors (Lipinski definition) is 1. The van der Waals surface area contributed by atoms with E-state index in [4.69, 9.17) is 9.26 Å². The number of H-pyrrole nitrogens is 1. The number of rotatable bonds is 5. The molecule has 0 aromatic carbocycles. The molecule has 3 rings (SSSR count). The lowest BCUT2D eigenvalue weighted by molar-refractivity contribution is -0.130. The summed E-state index contributed by atoms with van der Waals surface area (Å²) in [6.07, 6.45) is 3.69. The Balaban J connectivity index is 1.50. The summed E-state index contributed by atoms with van der Waals surface area (Å²) < 4.78 is 10.0. The molecule has 1 amide bonds. The van der Waals surface area contributed by atoms with Crippen LogP contribution in [0.25, 0.3) is 0 Å². The molecule has 0 radical (unpaired) electrons. The molecule has 1 N–H and O–H groups in total. The molecule has 1 aliphatic rings. The lowest BCUT2D eigenvalue weighted by Crippen LogP contribution is -2.28. The molecule has 0 saturated carbocycles. The largest absolute Gasteiger partial charge is 0.479 e. The topological polar surface area (TPSA) is 84.2 Å². The first-order valence-electron chi connectivity index (χ1n) is 7.03. The summed E-state index contributed by atoms with van der Waals surface area (Å²) >= 11 is 0. The van der Waals surface area contributed by atoms with Crippen LogP contribution in [0.5, 0.6) is 5.88 Å². The van der Waals surface area contributed by atoms with E-state index in [1.165, 1.54) is 7.11 Å². The van der Waals surface area contributed by atoms with Crippen molar-refractivity contribution in [3.63, 3.8) is 0 Å². The number of aromatic amines is 1. The molecule has 3 heterocycles. The maximum atomic E-state index is 12.2. The lowest BCUT2D eigenvalue weighted by Gasteiger charge is -2.15. The molecule has 2 aromatic rings. The molecule has 1 fully saturated rings. The summed E-state index contributed by atoms with van der Waals surface area (Å²) in [4.78, 5) is 14.1. The van der Waals surface area contributed by atoms with Crippen molar-refractivity contribution in [3.05, 3.63) is 29.8 Å². The van der Waals surface area contributed by atoms with E-state index in [1.807, 2.05) is 11.0 Å². The molecule has 1 saturated heterocycles. The number of hydrogen-bond acceptors (Lipinski definition) is 5. The Morgan fingerprint density at radius 3 is 3.24 bits per heavy atom. The fraction of sp³-hybridized carbons (Fsp3) is 0.500. The van der Waals surface area contributed by atoms with E-state index in [-0.39, 0.29) is 5.91 Å². The van der Waals surface area contributed by atoms with Crippen LogP contribution in [0.15, 0.2) is 22.9 Å². The van der Waals surface area contributed by atoms with Crippen LogP contribution in [0.1, 0.15) is 30.2 Å². The van der Waals surface area contributed by atoms with Gasteiger partial charge in [0, 0.05) is 49.8 Å². The van der Waals surface area contributed by atoms with Crippen molar-refractivity contribution in [2.45, 2.75) is 25.2 Å². The zero-order valence-electron chi connectivity index (χ0n) is 11.9. The molecule has 0 aliphatic carbocycles. The van der Waals surface area contributed by atoms with E-state index in [2.05, 4.69) is 15.4 Å². The first-order chi connectivity index (χ1) is 10.3. The standard InChI is InChI=1S/C14H18N4O3/c1-20-13-8-11(21-17-13)2-3-14(19)18-7-5-10(9-18)12-4-6-15-16-12/h4,6,8,10H,2-3,5,7,9H2,1H3,(H,15,16)/t10-/m0/s1. The summed E-state index contributed by atoms with van der Waals surface area (Å²) in [6, 6.07) is 3.68. The number of likely N-dealkylation sites (tertiary alicyclic amines) is 1. The van der Waals surface area contributed by atoms with Crippen molar-refractivity contribution in [2.75, 3.05) is 20.2 Å². The van der Waals surface area contributed by atoms with Crippen molar-refractivity contribution < 1.29 is 14.1 Å². The Labute approximate surface area is 122 Å². The molecule has 7 heteroatoms. The number of nitrogens with zero attached hydrogens (tertiary/aromatic N) is 3. The molecule has 2 aromatic heterocycles. The number of ether oxygens (including phenoxy) is 1. The number of methoxy groups -OCH3 is 1. The highest BCUT2D eigenvalue weighted by Gasteiger charge is 2.27. The highest BCUT2D eigenvalue weighted by Crippen LogP contribution is 2.26. The molecule has 21 heavy (non-hydrogen) atoms. The fourth-order valence-electron chi connectivity index (χ4n) is 2.63. The first kappa shape index (κ1) is 13.7. The molecule has 0 unspecified atom stereocenters. The number of amides is 1. The second kappa shape index (κ2) is 5.99. The average molecular weight is 290 g/mol. The minimum atomic E-state index is 0.146. The van der Waals surface area contributed by atoms with Gasteiger partial charge in [0.05, 0.1) is 7.11 Å². The summed E-state index contributed by atoms with van der Waals surface area (Å²) in [5, 5.41) is 10.7. The molecule has 1 atom stereocenters. The molecule has 7 nitrogen and oxygen atoms in total. The summed E-state index contributed by atoms with van der Waals surface area (Å²) in [7, 11) is 1.53. The molecule has 0 spiro atoms. The zero-order valence-corrected chi connectivity index (χ0v) is 11.9. The van der Waals surface area contributed by atoms with Crippen LogP contribution >= 0.6 is 0 Å². The van der Waals surface area contributed by atoms with Crippen molar-refractivity contribution in [1.82, 2.24) is 20.3 Å². The van der Waals surface area contributed by atoms with Crippen molar-refractivity contribution in [1.29, 1.82) is 0 Å². The van der Waals surface area contributed by atoms with E-state index in [0.717, 1.165) is 25.2 Å². The second-order valence-electron chi connectivity index (χ2n) is 5.17. The van der Waals surface area contributed by atoms with Crippen molar-refractivity contribution in [2.24, 2.45) is 0 Å². The van der Waals surface area contributed by atoms with Crippen molar-refractivity contribution >= 4 is 5.91 Å². The number of carbonyl (C=O) groups is 1. The van der Waals surface area contributed by atoms with Gasteiger partial charge in [-0.15, -0.1) is 0 Å². The molecule has 0 bridgehead atoms. The van der Waals surface area contributed by atoms with Crippen molar-refractivity contribution in [3.8, 4) is 5.88 Å². The maximum Gasteiger partial charge on any atom is 0.254 e. The third-order valence-electron chi connectivity index (χ3n) is 3.83. The molecular formula is C14H18N4O3. The van der Waals surface area contributed by atoms with Gasteiger partial charge >= 0.3 is 0 Å². The average Bonchev–Trinajstić information content (AvgIpc) is 3.24. The Morgan fingerprint density at radius 2 is 2.52 bits per heavy atom. The van der Waals surface area contributed by atoms with Crippen LogP contribution in [0.2, 0.25) is 0 Å². The number of aromatic nitrogens is 3. The number of carbonyl (C=O) groups excluding carboxylic acids is 1. The molecular weight excluding hydrogens is 272 g/mol. The lowest BCUT2D eigenvalue weighted by atomic mass is 10.1. The third-order valence-corrected chi connectivity index (χ3v) is 3.83. The van der Waals surface area contributed by atoms with E-state index < -0.39 is 0 Å². The van der Waals surface area contributed by atoms with Gasteiger partial charge in [0.1, 0.15) is 5.76 Å². The van der Waals surface area contributed by atoms with E-state index in [0.29, 0.717) is 30.4 Å². The van der Waals surface area contributed by atoms with Crippen LogP contribution in [0, 0.1) is 0 Å². The van der Waals surface area contributed by atoms with Gasteiger partial charge in [-0.25, -0.2) is 0 Å². The smallest absolute Gasteiger partial charge is 0.254 e. The minimum Gasteiger partial charge on any atom is -0.479 e. The summed E-state index contributed by atoms with van der Waals surface area (Å²) in [6.45, 7) is 1.54. The highest BCUT2D eigenvalue weighted by molar-refractivity contribution is 5.76. The van der Waals surface area contributed by atoms with Crippen LogP contribution in [0.3, 0.4) is 0 Å². The molecule has 1 aliphatic heterocycles. The van der Waals surface area contributed by atoms with Gasteiger partial charge in [-0.2, -0.15) is 5.10 Å². The number of nitrogens with one attached hydrogen (secondary N) is 1. The second-order valence-corrected chi connectivity index (χ2v) is 5.17. The summed E-state index contributed by atoms with van der Waals surface area (Å²) in [5.74, 6) is 1.62. The first-order valence-corrected chi connectivity index (χ1v) is 7.03. The minimum absolute atomic E-state index is 0.146. The van der Waals surface area contributed by atoms with E-state index in [1.54, 1.807) is 12.3 Å². The normalized spacial score (nSPS) is 18.1. The Hall–Kier alpha value is -2.31. The van der Waals surface area contributed by atoms with Gasteiger partial charge in [-0.3, -0.25) is 9.89 Å². The fourth-order valence-corrected chi connectivity index (χ4v) is 2.63. The maximum absolute atomic E-state index is 12.2. The van der Waals surface area contributed by atoms with Gasteiger partial charge < -0.3 is 14.2 Å². The monoisotopic (exact) mass is 290 g/mol. The van der Waals surface area contributed by atoms with Gasteiger partial charge in [0.2, 0.25) is 5.91 Å². The third kappa shape index (κ3) is 3.07. The van der Waals surface area contributed by atoms with Crippen LogP contribution in [-0.2, 0) is 11.2 Å². The Bertz CT molecular complexity index is 593. The van der Waals surface area contributed by atoms with Crippen LogP contribution in [0.4, 0.5) is 0 Å². The number of aryl methyl sites for hydroxylation is 1. The zero-order chi connectivity index (χ0) is 14.7. The Morgan fingerprint density at radius 1 is 1.62 bits per heavy atom.